The van der Waals surface area contributed by atoms with Crippen LogP contribution in [0.15, 0.2) is 45.6 Å². The quantitative estimate of drug-likeness (QED) is 0.624. The van der Waals surface area contributed by atoms with Gasteiger partial charge in [0.15, 0.2) is 0 Å². The van der Waals surface area contributed by atoms with Crippen molar-refractivity contribution in [2.75, 3.05) is 12.4 Å². The zero-order chi connectivity index (χ0) is 21.1. The Labute approximate surface area is 167 Å². The molecule has 0 saturated heterocycles. The Morgan fingerprint density at radius 2 is 1.83 bits per heavy atom. The van der Waals surface area contributed by atoms with Gasteiger partial charge in [0, 0.05) is 22.9 Å². The van der Waals surface area contributed by atoms with Crippen molar-refractivity contribution in [2.45, 2.75) is 26.7 Å². The number of methoxy groups -OCH3 is 1. The average molecular weight is 394 g/mol. The van der Waals surface area contributed by atoms with Crippen molar-refractivity contribution in [3.05, 3.63) is 69.1 Å². The van der Waals surface area contributed by atoms with Crippen LogP contribution in [0.5, 0.6) is 5.75 Å². The summed E-state index contributed by atoms with van der Waals surface area (Å²) >= 11 is 0. The molecule has 150 valence electrons. The molecule has 0 atom stereocenters. The minimum absolute atomic E-state index is 0.0549. The van der Waals surface area contributed by atoms with Crippen LogP contribution in [0, 0.1) is 13.8 Å². The maximum absolute atomic E-state index is 12.5. The maximum Gasteiger partial charge on any atom is 0.339 e. The van der Waals surface area contributed by atoms with Crippen molar-refractivity contribution in [1.82, 2.24) is 0 Å². The third-order valence-corrected chi connectivity index (χ3v) is 4.94. The minimum Gasteiger partial charge on any atom is -0.496 e. The van der Waals surface area contributed by atoms with Crippen molar-refractivity contribution < 1.29 is 18.7 Å². The topological polar surface area (TPSA) is 112 Å². The van der Waals surface area contributed by atoms with Gasteiger partial charge in [-0.05, 0) is 50.1 Å². The second kappa shape index (κ2) is 8.18. The van der Waals surface area contributed by atoms with Crippen LogP contribution in [0.4, 0.5) is 5.69 Å². The number of ether oxygens (including phenoxy) is 1. The molecule has 0 unspecified atom stereocenters. The van der Waals surface area contributed by atoms with Crippen molar-refractivity contribution in [3.63, 3.8) is 0 Å². The second-order valence-electron chi connectivity index (χ2n) is 6.72. The Kier molecular flexibility index (Phi) is 5.68. The monoisotopic (exact) mass is 394 g/mol. The largest absolute Gasteiger partial charge is 0.496 e. The van der Waals surface area contributed by atoms with Gasteiger partial charge in [0.05, 0.1) is 18.4 Å². The van der Waals surface area contributed by atoms with Gasteiger partial charge in [-0.25, -0.2) is 4.79 Å². The van der Waals surface area contributed by atoms with Gasteiger partial charge in [-0.15, -0.1) is 0 Å². The highest BCUT2D eigenvalue weighted by atomic mass is 16.5. The number of amides is 2. The van der Waals surface area contributed by atoms with Gasteiger partial charge in [-0.3, -0.25) is 9.59 Å². The number of para-hydroxylation sites is 1. The average Bonchev–Trinajstić information content (AvgIpc) is 2.69. The Hall–Kier alpha value is -3.61. The number of hydrogen-bond acceptors (Lipinski definition) is 5. The van der Waals surface area contributed by atoms with Crippen LogP contribution in [0.25, 0.3) is 11.0 Å². The molecule has 0 aliphatic carbocycles. The summed E-state index contributed by atoms with van der Waals surface area (Å²) < 4.78 is 10.8. The number of benzene rings is 2. The molecule has 0 fully saturated rings. The SMILES string of the molecule is COc1ccc2c(C)c(CCC(=O)Nc3ccccc3C(N)=O)c(=O)oc2c1C. The van der Waals surface area contributed by atoms with E-state index in [1.165, 1.54) is 6.07 Å². The fourth-order valence-corrected chi connectivity index (χ4v) is 3.34. The molecule has 1 aromatic heterocycles. The lowest BCUT2D eigenvalue weighted by atomic mass is 10.00. The van der Waals surface area contributed by atoms with Gasteiger partial charge < -0.3 is 20.2 Å². The Morgan fingerprint density at radius 3 is 2.52 bits per heavy atom. The number of aryl methyl sites for hydroxylation is 2. The number of anilines is 1. The molecule has 0 radical (unpaired) electrons. The summed E-state index contributed by atoms with van der Waals surface area (Å²) in [6.45, 7) is 3.66. The second-order valence-corrected chi connectivity index (χ2v) is 6.72. The summed E-state index contributed by atoms with van der Waals surface area (Å²) in [6, 6.07) is 10.2. The first-order valence-electron chi connectivity index (χ1n) is 9.12. The van der Waals surface area contributed by atoms with E-state index in [1.54, 1.807) is 25.3 Å². The van der Waals surface area contributed by atoms with E-state index in [2.05, 4.69) is 5.32 Å². The third-order valence-electron chi connectivity index (χ3n) is 4.94. The molecular formula is C22H22N2O5. The smallest absolute Gasteiger partial charge is 0.339 e. The summed E-state index contributed by atoms with van der Waals surface area (Å²) in [6.07, 6.45) is 0.263. The summed E-state index contributed by atoms with van der Waals surface area (Å²) in [5.41, 5.74) is 7.87. The number of fused-ring (bicyclic) bond motifs is 1. The lowest BCUT2D eigenvalue weighted by Crippen LogP contribution is -2.19. The van der Waals surface area contributed by atoms with Gasteiger partial charge in [-0.1, -0.05) is 12.1 Å². The van der Waals surface area contributed by atoms with Crippen LogP contribution in [0.1, 0.15) is 33.5 Å². The molecular weight excluding hydrogens is 372 g/mol. The number of nitrogens with one attached hydrogen (secondary N) is 1. The molecule has 0 saturated carbocycles. The van der Waals surface area contributed by atoms with Crippen LogP contribution >= 0.6 is 0 Å². The fourth-order valence-electron chi connectivity index (χ4n) is 3.34. The summed E-state index contributed by atoms with van der Waals surface area (Å²) in [5, 5.41) is 3.48. The van der Waals surface area contributed by atoms with E-state index in [4.69, 9.17) is 14.9 Å². The Balaban J connectivity index is 1.83. The number of rotatable bonds is 6. The number of hydrogen-bond donors (Lipinski definition) is 2. The first kappa shape index (κ1) is 20.1. The molecule has 29 heavy (non-hydrogen) atoms. The normalized spacial score (nSPS) is 10.7. The molecule has 2 amide bonds. The van der Waals surface area contributed by atoms with Crippen molar-refractivity contribution in [3.8, 4) is 5.75 Å². The Morgan fingerprint density at radius 1 is 1.10 bits per heavy atom. The van der Waals surface area contributed by atoms with E-state index in [-0.39, 0.29) is 24.3 Å². The molecule has 3 N–H and O–H groups in total. The van der Waals surface area contributed by atoms with E-state index < -0.39 is 11.5 Å². The molecule has 0 spiro atoms. The van der Waals surface area contributed by atoms with Gasteiger partial charge in [0.25, 0.3) is 5.91 Å². The van der Waals surface area contributed by atoms with E-state index >= 15 is 0 Å². The zero-order valence-electron chi connectivity index (χ0n) is 16.5. The molecule has 0 aliphatic heterocycles. The predicted molar refractivity (Wildman–Crippen MR) is 110 cm³/mol. The molecule has 7 nitrogen and oxygen atoms in total. The van der Waals surface area contributed by atoms with Gasteiger partial charge in [-0.2, -0.15) is 0 Å². The zero-order valence-corrected chi connectivity index (χ0v) is 16.5. The summed E-state index contributed by atoms with van der Waals surface area (Å²) in [5.74, 6) is -0.318. The van der Waals surface area contributed by atoms with Gasteiger partial charge in [0.1, 0.15) is 11.3 Å². The summed E-state index contributed by atoms with van der Waals surface area (Å²) in [4.78, 5) is 36.4. The minimum atomic E-state index is -0.627. The molecule has 3 rings (SSSR count). The fraction of sp³-hybridized carbons (Fsp3) is 0.227. The van der Waals surface area contributed by atoms with Crippen LogP contribution in [-0.4, -0.2) is 18.9 Å². The molecule has 7 heteroatoms. The van der Waals surface area contributed by atoms with Crippen LogP contribution < -0.4 is 21.4 Å². The predicted octanol–water partition coefficient (Wildman–Crippen LogP) is 3.09. The summed E-state index contributed by atoms with van der Waals surface area (Å²) in [7, 11) is 1.56. The first-order chi connectivity index (χ1) is 13.8. The highest BCUT2D eigenvalue weighted by Gasteiger charge is 2.17. The van der Waals surface area contributed by atoms with Crippen molar-refractivity contribution >= 4 is 28.5 Å². The molecule has 0 aliphatic rings. The van der Waals surface area contributed by atoms with Crippen LogP contribution in [0.3, 0.4) is 0 Å². The van der Waals surface area contributed by atoms with Crippen molar-refractivity contribution in [2.24, 2.45) is 5.73 Å². The molecule has 0 bridgehead atoms. The van der Waals surface area contributed by atoms with Gasteiger partial charge >= 0.3 is 5.63 Å². The van der Waals surface area contributed by atoms with E-state index in [0.717, 1.165) is 16.5 Å². The third kappa shape index (κ3) is 3.99. The van der Waals surface area contributed by atoms with E-state index in [9.17, 15) is 14.4 Å². The highest BCUT2D eigenvalue weighted by molar-refractivity contribution is 6.03. The number of carbonyl (C=O) groups is 2. The van der Waals surface area contributed by atoms with Crippen LogP contribution in [-0.2, 0) is 11.2 Å². The maximum atomic E-state index is 12.5. The van der Waals surface area contributed by atoms with Gasteiger partial charge in [0.2, 0.25) is 5.91 Å². The van der Waals surface area contributed by atoms with E-state index in [1.807, 2.05) is 26.0 Å². The van der Waals surface area contributed by atoms with Crippen LogP contribution in [0.2, 0.25) is 0 Å². The lowest BCUT2D eigenvalue weighted by Gasteiger charge is -2.12. The number of primary amides is 1. The van der Waals surface area contributed by atoms with E-state index in [0.29, 0.717) is 22.6 Å². The molecule has 2 aromatic carbocycles. The highest BCUT2D eigenvalue weighted by Crippen LogP contribution is 2.29. The van der Waals surface area contributed by atoms with Crippen molar-refractivity contribution in [1.29, 1.82) is 0 Å². The first-order valence-corrected chi connectivity index (χ1v) is 9.12. The Bertz CT molecular complexity index is 1160. The standard InChI is InChI=1S/C22H22N2O5/c1-12-14-8-10-18(28-3)13(2)20(14)29-22(27)15(12)9-11-19(25)24-17-7-5-4-6-16(17)21(23)26/h4-8,10H,9,11H2,1-3H3,(H2,23,26)(H,24,25). The lowest BCUT2D eigenvalue weighted by molar-refractivity contribution is -0.116. The number of carbonyl (C=O) groups excluding carboxylic acids is 2. The molecule has 3 aromatic rings. The molecule has 1 heterocycles. The number of nitrogens with two attached hydrogens (primary N) is 1.